The Kier molecular flexibility index (Phi) is 3.64. The number of rotatable bonds is 2. The first-order chi connectivity index (χ1) is 8.80. The second-order valence-corrected chi connectivity index (χ2v) is 4.94. The van der Waals surface area contributed by atoms with Crippen LogP contribution < -0.4 is 0 Å². The lowest BCUT2D eigenvalue weighted by Gasteiger charge is -2.08. The Morgan fingerprint density at radius 1 is 1.21 bits per heavy atom. The zero-order valence-corrected chi connectivity index (χ0v) is 10.7. The summed E-state index contributed by atoms with van der Waals surface area (Å²) < 4.78 is 51.1. The number of benzene rings is 1. The van der Waals surface area contributed by atoms with Crippen LogP contribution >= 0.6 is 22.9 Å². The Labute approximate surface area is 114 Å². The molecule has 0 saturated heterocycles. The highest BCUT2D eigenvalue weighted by molar-refractivity contribution is 7.13. The standard InChI is InChI=1S/C12H5ClF4OS/c13-8-3-4-19-11(8)10(18)7-5-6(12(15,16)17)1-2-9(7)14/h1-5H. The second kappa shape index (κ2) is 4.94. The number of alkyl halides is 3. The molecule has 2 aromatic rings. The molecule has 7 heteroatoms. The van der Waals surface area contributed by atoms with Crippen LogP contribution in [0.3, 0.4) is 0 Å². The SMILES string of the molecule is O=C(c1cc(C(F)(F)F)ccc1F)c1sccc1Cl. The number of carbonyl (C=O) groups is 1. The molecule has 0 aliphatic rings. The number of hydrogen-bond acceptors (Lipinski definition) is 2. The van der Waals surface area contributed by atoms with Gasteiger partial charge in [0.2, 0.25) is 5.78 Å². The molecule has 0 bridgehead atoms. The Balaban J connectivity index is 2.51. The van der Waals surface area contributed by atoms with E-state index < -0.39 is 28.9 Å². The summed E-state index contributed by atoms with van der Waals surface area (Å²) in [6, 6.07) is 3.12. The quantitative estimate of drug-likeness (QED) is 0.576. The molecule has 1 aromatic heterocycles. The summed E-state index contributed by atoms with van der Waals surface area (Å²) in [5.74, 6) is -1.87. The molecule has 0 atom stereocenters. The van der Waals surface area contributed by atoms with Gasteiger partial charge in [-0.25, -0.2) is 4.39 Å². The van der Waals surface area contributed by atoms with Crippen LogP contribution in [-0.2, 0) is 6.18 Å². The van der Waals surface area contributed by atoms with Gasteiger partial charge in [-0.05, 0) is 29.6 Å². The van der Waals surface area contributed by atoms with Crippen molar-refractivity contribution in [2.45, 2.75) is 6.18 Å². The summed E-state index contributed by atoms with van der Waals surface area (Å²) in [5, 5.41) is 1.59. The van der Waals surface area contributed by atoms with E-state index in [0.29, 0.717) is 18.2 Å². The fraction of sp³-hybridized carbons (Fsp3) is 0.0833. The summed E-state index contributed by atoms with van der Waals surface area (Å²) >= 11 is 6.66. The van der Waals surface area contributed by atoms with E-state index in [9.17, 15) is 22.4 Å². The highest BCUT2D eigenvalue weighted by Gasteiger charge is 2.32. The lowest BCUT2D eigenvalue weighted by atomic mass is 10.1. The zero-order valence-electron chi connectivity index (χ0n) is 9.09. The van der Waals surface area contributed by atoms with E-state index in [-0.39, 0.29) is 9.90 Å². The van der Waals surface area contributed by atoms with Gasteiger partial charge in [-0.1, -0.05) is 11.6 Å². The Hall–Kier alpha value is -1.40. The van der Waals surface area contributed by atoms with Crippen molar-refractivity contribution < 1.29 is 22.4 Å². The predicted molar refractivity (Wildman–Crippen MR) is 64.2 cm³/mol. The van der Waals surface area contributed by atoms with E-state index in [4.69, 9.17) is 11.6 Å². The molecular weight excluding hydrogens is 304 g/mol. The van der Waals surface area contributed by atoms with Gasteiger partial charge in [-0.2, -0.15) is 13.2 Å². The van der Waals surface area contributed by atoms with Crippen LogP contribution in [0.2, 0.25) is 5.02 Å². The molecule has 100 valence electrons. The van der Waals surface area contributed by atoms with Crippen molar-refractivity contribution in [2.75, 3.05) is 0 Å². The third kappa shape index (κ3) is 2.79. The molecular formula is C12H5ClF4OS. The Morgan fingerprint density at radius 3 is 2.42 bits per heavy atom. The van der Waals surface area contributed by atoms with E-state index in [2.05, 4.69) is 0 Å². The molecule has 1 nitrogen and oxygen atoms in total. The molecule has 1 aromatic carbocycles. The number of hydrogen-bond donors (Lipinski definition) is 0. The van der Waals surface area contributed by atoms with Crippen LogP contribution in [0.15, 0.2) is 29.6 Å². The normalized spacial score (nSPS) is 11.6. The molecule has 0 fully saturated rings. The van der Waals surface area contributed by atoms with E-state index >= 15 is 0 Å². The van der Waals surface area contributed by atoms with Crippen molar-refractivity contribution in [2.24, 2.45) is 0 Å². The maximum absolute atomic E-state index is 13.5. The first-order valence-electron chi connectivity index (χ1n) is 4.95. The lowest BCUT2D eigenvalue weighted by molar-refractivity contribution is -0.137. The summed E-state index contributed by atoms with van der Waals surface area (Å²) in [6.07, 6.45) is -4.64. The van der Waals surface area contributed by atoms with Crippen molar-refractivity contribution in [3.8, 4) is 0 Å². The minimum atomic E-state index is -4.64. The summed E-state index contributed by atoms with van der Waals surface area (Å²) in [6.45, 7) is 0. The third-order valence-electron chi connectivity index (χ3n) is 2.36. The molecule has 0 aliphatic heterocycles. The molecule has 1 heterocycles. The van der Waals surface area contributed by atoms with E-state index in [1.54, 1.807) is 0 Å². The average molecular weight is 309 g/mol. The van der Waals surface area contributed by atoms with Gasteiger partial charge in [0.15, 0.2) is 0 Å². The molecule has 0 N–H and O–H groups in total. The zero-order chi connectivity index (χ0) is 14.2. The van der Waals surface area contributed by atoms with Crippen LogP contribution in [0.5, 0.6) is 0 Å². The summed E-state index contributed by atoms with van der Waals surface area (Å²) in [5.41, 5.74) is -1.72. The van der Waals surface area contributed by atoms with Crippen molar-refractivity contribution >= 4 is 28.7 Å². The maximum atomic E-state index is 13.5. The molecule has 0 aliphatic carbocycles. The van der Waals surface area contributed by atoms with Crippen molar-refractivity contribution in [1.82, 2.24) is 0 Å². The fourth-order valence-corrected chi connectivity index (χ4v) is 2.55. The largest absolute Gasteiger partial charge is 0.416 e. The first kappa shape index (κ1) is 14.0. The molecule has 0 spiro atoms. The Morgan fingerprint density at radius 2 is 1.89 bits per heavy atom. The van der Waals surface area contributed by atoms with E-state index in [1.165, 1.54) is 11.4 Å². The highest BCUT2D eigenvalue weighted by atomic mass is 35.5. The van der Waals surface area contributed by atoms with Gasteiger partial charge in [-0.3, -0.25) is 4.79 Å². The highest BCUT2D eigenvalue weighted by Crippen LogP contribution is 2.32. The lowest BCUT2D eigenvalue weighted by Crippen LogP contribution is -2.09. The van der Waals surface area contributed by atoms with Gasteiger partial charge in [-0.15, -0.1) is 11.3 Å². The molecule has 0 amide bonds. The van der Waals surface area contributed by atoms with Gasteiger partial charge in [0, 0.05) is 0 Å². The maximum Gasteiger partial charge on any atom is 0.416 e. The van der Waals surface area contributed by atoms with Crippen LogP contribution in [-0.4, -0.2) is 5.78 Å². The average Bonchev–Trinajstić information content (AvgIpc) is 2.73. The van der Waals surface area contributed by atoms with Gasteiger partial charge in [0.25, 0.3) is 0 Å². The van der Waals surface area contributed by atoms with Crippen LogP contribution in [0.25, 0.3) is 0 Å². The molecule has 0 radical (unpaired) electrons. The minimum absolute atomic E-state index is 0.0138. The van der Waals surface area contributed by atoms with Gasteiger partial charge in [0.1, 0.15) is 5.82 Å². The predicted octanol–water partition coefficient (Wildman–Crippen LogP) is 4.79. The van der Waals surface area contributed by atoms with Crippen molar-refractivity contribution in [3.63, 3.8) is 0 Å². The number of halogens is 5. The first-order valence-corrected chi connectivity index (χ1v) is 6.21. The Bertz CT molecular complexity index is 633. The van der Waals surface area contributed by atoms with E-state index in [1.807, 2.05) is 0 Å². The minimum Gasteiger partial charge on any atom is -0.288 e. The number of thiophene rings is 1. The fourth-order valence-electron chi connectivity index (χ4n) is 1.45. The van der Waals surface area contributed by atoms with E-state index in [0.717, 1.165) is 11.3 Å². The second-order valence-electron chi connectivity index (χ2n) is 3.62. The molecule has 2 rings (SSSR count). The molecule has 0 unspecified atom stereocenters. The number of carbonyl (C=O) groups excluding carboxylic acids is 1. The third-order valence-corrected chi connectivity index (χ3v) is 3.70. The van der Waals surface area contributed by atoms with Crippen LogP contribution in [0.1, 0.15) is 20.8 Å². The van der Waals surface area contributed by atoms with Crippen LogP contribution in [0, 0.1) is 5.82 Å². The molecule has 0 saturated carbocycles. The summed E-state index contributed by atoms with van der Waals surface area (Å²) in [7, 11) is 0. The van der Waals surface area contributed by atoms with Gasteiger partial charge >= 0.3 is 6.18 Å². The van der Waals surface area contributed by atoms with Crippen molar-refractivity contribution in [1.29, 1.82) is 0 Å². The number of ketones is 1. The van der Waals surface area contributed by atoms with Crippen LogP contribution in [0.4, 0.5) is 17.6 Å². The topological polar surface area (TPSA) is 17.1 Å². The monoisotopic (exact) mass is 308 g/mol. The van der Waals surface area contributed by atoms with Gasteiger partial charge < -0.3 is 0 Å². The molecule has 19 heavy (non-hydrogen) atoms. The van der Waals surface area contributed by atoms with Gasteiger partial charge in [0.05, 0.1) is 21.0 Å². The summed E-state index contributed by atoms with van der Waals surface area (Å²) in [4.78, 5) is 12.0. The smallest absolute Gasteiger partial charge is 0.288 e. The van der Waals surface area contributed by atoms with Crippen molar-refractivity contribution in [3.05, 3.63) is 56.5 Å².